The zero-order valence-electron chi connectivity index (χ0n) is 16.1. The van der Waals surface area contributed by atoms with Crippen LogP contribution in [0.5, 0.6) is 11.5 Å². The highest BCUT2D eigenvalue weighted by Gasteiger charge is 2.34. The zero-order chi connectivity index (χ0) is 19.5. The largest absolute Gasteiger partial charge is 0.485 e. The summed E-state index contributed by atoms with van der Waals surface area (Å²) >= 11 is 0. The number of carbonyl (C=O) groups is 2. The quantitative estimate of drug-likeness (QED) is 0.774. The van der Waals surface area contributed by atoms with Gasteiger partial charge < -0.3 is 29.7 Å². The summed E-state index contributed by atoms with van der Waals surface area (Å²) in [5, 5.41) is 6.30. The van der Waals surface area contributed by atoms with Gasteiger partial charge in [-0.1, -0.05) is 12.1 Å². The molecule has 4 rings (SSSR count). The van der Waals surface area contributed by atoms with Gasteiger partial charge in [-0.25, -0.2) is 0 Å². The maximum absolute atomic E-state index is 12.8. The lowest BCUT2D eigenvalue weighted by atomic mass is 10.0. The molecule has 1 aromatic rings. The van der Waals surface area contributed by atoms with Crippen LogP contribution in [0.25, 0.3) is 0 Å². The van der Waals surface area contributed by atoms with Crippen molar-refractivity contribution in [1.29, 1.82) is 0 Å². The van der Waals surface area contributed by atoms with E-state index in [1.165, 1.54) is 0 Å². The van der Waals surface area contributed by atoms with Crippen molar-refractivity contribution in [2.75, 3.05) is 32.8 Å². The van der Waals surface area contributed by atoms with Gasteiger partial charge in [0.05, 0.1) is 12.7 Å². The molecule has 2 N–H and O–H groups in total. The predicted octanol–water partition coefficient (Wildman–Crippen LogP) is 0.311. The molecule has 3 atom stereocenters. The van der Waals surface area contributed by atoms with Crippen molar-refractivity contribution in [2.24, 2.45) is 0 Å². The lowest BCUT2D eigenvalue weighted by Gasteiger charge is -2.36. The predicted molar refractivity (Wildman–Crippen MR) is 101 cm³/mol. The van der Waals surface area contributed by atoms with Crippen LogP contribution in [0.15, 0.2) is 24.3 Å². The minimum absolute atomic E-state index is 0.0300. The van der Waals surface area contributed by atoms with E-state index in [-0.39, 0.29) is 36.6 Å². The maximum Gasteiger partial charge on any atom is 0.267 e. The second kappa shape index (κ2) is 8.36. The van der Waals surface area contributed by atoms with E-state index in [1.54, 1.807) is 11.0 Å². The Kier molecular flexibility index (Phi) is 5.68. The number of para-hydroxylation sites is 2. The molecule has 3 heterocycles. The van der Waals surface area contributed by atoms with Crippen LogP contribution in [0.2, 0.25) is 0 Å². The van der Waals surface area contributed by atoms with Gasteiger partial charge in [0.15, 0.2) is 11.5 Å². The molecule has 152 valence electrons. The van der Waals surface area contributed by atoms with Crippen LogP contribution in [0.1, 0.15) is 19.8 Å². The number of carbonyl (C=O) groups excluding carboxylic acids is 2. The number of amides is 2. The molecule has 3 aliphatic rings. The first-order valence-electron chi connectivity index (χ1n) is 9.94. The Morgan fingerprint density at radius 2 is 1.93 bits per heavy atom. The summed E-state index contributed by atoms with van der Waals surface area (Å²) in [7, 11) is 0. The molecule has 0 aromatic heterocycles. The van der Waals surface area contributed by atoms with Gasteiger partial charge in [0, 0.05) is 25.7 Å². The Morgan fingerprint density at radius 3 is 2.68 bits per heavy atom. The fourth-order valence-electron chi connectivity index (χ4n) is 3.91. The molecule has 2 fully saturated rings. The number of benzene rings is 1. The van der Waals surface area contributed by atoms with E-state index in [4.69, 9.17) is 14.2 Å². The normalized spacial score (nSPS) is 27.9. The Bertz CT molecular complexity index is 720. The topological polar surface area (TPSA) is 89.1 Å². The fraction of sp³-hybridized carbons (Fsp3) is 0.600. The number of piperidine rings is 1. The van der Waals surface area contributed by atoms with Crippen LogP contribution in [0.3, 0.4) is 0 Å². The standard InChI is InChI=1S/C20H27N3O5/c1-13-18(21-8-11-26-13)19(24)22-14-6-9-23(10-7-14)20(25)17-12-27-15-4-2-3-5-16(15)28-17/h2-5,13-14,17-18,21H,6-12H2,1H3,(H,22,24)/t13-,17?,18+/m1/s1. The van der Waals surface area contributed by atoms with Crippen LogP contribution in [0.4, 0.5) is 0 Å². The Labute approximate surface area is 164 Å². The van der Waals surface area contributed by atoms with Gasteiger partial charge in [-0.2, -0.15) is 0 Å². The van der Waals surface area contributed by atoms with Crippen LogP contribution >= 0.6 is 0 Å². The molecule has 0 saturated carbocycles. The van der Waals surface area contributed by atoms with E-state index >= 15 is 0 Å². The minimum Gasteiger partial charge on any atom is -0.485 e. The third kappa shape index (κ3) is 4.07. The second-order valence-electron chi connectivity index (χ2n) is 7.48. The first-order chi connectivity index (χ1) is 13.6. The molecule has 28 heavy (non-hydrogen) atoms. The van der Waals surface area contributed by atoms with E-state index in [1.807, 2.05) is 25.1 Å². The first-order valence-corrected chi connectivity index (χ1v) is 9.94. The number of ether oxygens (including phenoxy) is 3. The maximum atomic E-state index is 12.8. The summed E-state index contributed by atoms with van der Waals surface area (Å²) in [6.45, 7) is 4.62. The summed E-state index contributed by atoms with van der Waals surface area (Å²) in [6.07, 6.45) is 0.694. The fourth-order valence-corrected chi connectivity index (χ4v) is 3.91. The van der Waals surface area contributed by atoms with Crippen molar-refractivity contribution in [3.8, 4) is 11.5 Å². The number of likely N-dealkylation sites (tertiary alicyclic amines) is 1. The average Bonchev–Trinajstić information content (AvgIpc) is 2.73. The van der Waals surface area contributed by atoms with Gasteiger partial charge in [-0.05, 0) is 31.9 Å². The number of nitrogens with one attached hydrogen (secondary N) is 2. The van der Waals surface area contributed by atoms with Crippen LogP contribution in [-0.2, 0) is 14.3 Å². The molecular weight excluding hydrogens is 362 g/mol. The van der Waals surface area contributed by atoms with Crippen LogP contribution < -0.4 is 20.1 Å². The number of hydrogen-bond donors (Lipinski definition) is 2. The first kappa shape index (κ1) is 19.0. The Hall–Kier alpha value is -2.32. The summed E-state index contributed by atoms with van der Waals surface area (Å²) in [5.41, 5.74) is 0. The smallest absolute Gasteiger partial charge is 0.267 e. The summed E-state index contributed by atoms with van der Waals surface area (Å²) < 4.78 is 17.0. The average molecular weight is 389 g/mol. The van der Waals surface area contributed by atoms with Gasteiger partial charge >= 0.3 is 0 Å². The molecule has 0 bridgehead atoms. The number of nitrogens with zero attached hydrogens (tertiary/aromatic N) is 1. The highest BCUT2D eigenvalue weighted by atomic mass is 16.6. The van der Waals surface area contributed by atoms with Crippen molar-refractivity contribution in [1.82, 2.24) is 15.5 Å². The summed E-state index contributed by atoms with van der Waals surface area (Å²) in [4.78, 5) is 27.1. The Morgan fingerprint density at radius 1 is 1.18 bits per heavy atom. The third-order valence-electron chi connectivity index (χ3n) is 5.54. The highest BCUT2D eigenvalue weighted by Crippen LogP contribution is 2.31. The molecule has 0 aliphatic carbocycles. The van der Waals surface area contributed by atoms with E-state index in [2.05, 4.69) is 10.6 Å². The van der Waals surface area contributed by atoms with E-state index < -0.39 is 6.10 Å². The number of fused-ring (bicyclic) bond motifs is 1. The minimum atomic E-state index is -0.620. The molecule has 2 amide bonds. The lowest BCUT2D eigenvalue weighted by molar-refractivity contribution is -0.142. The summed E-state index contributed by atoms with van der Waals surface area (Å²) in [6, 6.07) is 7.12. The van der Waals surface area contributed by atoms with Crippen molar-refractivity contribution in [2.45, 2.75) is 44.1 Å². The third-order valence-corrected chi connectivity index (χ3v) is 5.54. The van der Waals surface area contributed by atoms with Gasteiger partial charge in [-0.3, -0.25) is 9.59 Å². The van der Waals surface area contributed by atoms with E-state index in [0.29, 0.717) is 37.7 Å². The molecule has 1 aromatic carbocycles. The van der Waals surface area contributed by atoms with Crippen LogP contribution in [-0.4, -0.2) is 73.9 Å². The molecule has 8 nitrogen and oxygen atoms in total. The van der Waals surface area contributed by atoms with Crippen LogP contribution in [0, 0.1) is 0 Å². The molecule has 8 heteroatoms. The number of morpholine rings is 1. The molecular formula is C20H27N3O5. The van der Waals surface area contributed by atoms with Crippen molar-refractivity contribution < 1.29 is 23.8 Å². The zero-order valence-corrected chi connectivity index (χ0v) is 16.1. The Balaban J connectivity index is 1.26. The van der Waals surface area contributed by atoms with Crippen molar-refractivity contribution in [3.63, 3.8) is 0 Å². The second-order valence-corrected chi connectivity index (χ2v) is 7.48. The van der Waals surface area contributed by atoms with E-state index in [9.17, 15) is 9.59 Å². The monoisotopic (exact) mass is 389 g/mol. The number of rotatable bonds is 3. The van der Waals surface area contributed by atoms with Gasteiger partial charge in [-0.15, -0.1) is 0 Å². The van der Waals surface area contributed by atoms with Crippen molar-refractivity contribution in [3.05, 3.63) is 24.3 Å². The molecule has 1 unspecified atom stereocenters. The number of hydrogen-bond acceptors (Lipinski definition) is 6. The molecule has 3 aliphatic heterocycles. The SMILES string of the molecule is C[C@H]1OCCN[C@@H]1C(=O)NC1CCN(C(=O)C2COc3ccccc3O2)CC1. The highest BCUT2D eigenvalue weighted by molar-refractivity contribution is 5.83. The summed E-state index contributed by atoms with van der Waals surface area (Å²) in [5.74, 6) is 1.18. The molecule has 0 spiro atoms. The molecule has 2 saturated heterocycles. The lowest BCUT2D eigenvalue weighted by Crippen LogP contribution is -2.58. The van der Waals surface area contributed by atoms with Gasteiger partial charge in [0.2, 0.25) is 12.0 Å². The van der Waals surface area contributed by atoms with Gasteiger partial charge in [0.1, 0.15) is 12.6 Å². The van der Waals surface area contributed by atoms with Crippen molar-refractivity contribution >= 4 is 11.8 Å². The van der Waals surface area contributed by atoms with Gasteiger partial charge in [0.25, 0.3) is 5.91 Å². The molecule has 0 radical (unpaired) electrons. The van der Waals surface area contributed by atoms with E-state index in [0.717, 1.165) is 12.8 Å².